The Morgan fingerprint density at radius 3 is 2.60 bits per heavy atom. The lowest BCUT2D eigenvalue weighted by Crippen LogP contribution is -2.50. The number of nitrogens with zero attached hydrogens (tertiary/aromatic N) is 1. The van der Waals surface area contributed by atoms with Gasteiger partial charge in [-0.1, -0.05) is 0 Å². The van der Waals surface area contributed by atoms with Crippen molar-refractivity contribution in [3.63, 3.8) is 0 Å². The topological polar surface area (TPSA) is 60.8 Å². The maximum absolute atomic E-state index is 11.2. The Balaban J connectivity index is 1.99. The highest BCUT2D eigenvalue weighted by atomic mass is 16.4. The molecule has 4 nitrogen and oxygen atoms in total. The van der Waals surface area contributed by atoms with Gasteiger partial charge >= 0.3 is 5.97 Å². The standard InChI is InChI=1S/C11H19NO3/c1-12-4-2-3-8(12)5-11(10(14)15)6-9(13)7-11/h8-9,13H,2-7H2,1H3,(H,14,15). The van der Waals surface area contributed by atoms with E-state index in [0.717, 1.165) is 13.0 Å². The summed E-state index contributed by atoms with van der Waals surface area (Å²) in [7, 11) is 2.06. The van der Waals surface area contributed by atoms with E-state index < -0.39 is 17.5 Å². The molecule has 0 bridgehead atoms. The van der Waals surface area contributed by atoms with Crippen LogP contribution in [-0.2, 0) is 4.79 Å². The quantitative estimate of drug-likeness (QED) is 0.724. The summed E-state index contributed by atoms with van der Waals surface area (Å²) in [6.45, 7) is 1.07. The lowest BCUT2D eigenvalue weighted by molar-refractivity contribution is -0.165. The molecule has 2 aliphatic rings. The van der Waals surface area contributed by atoms with Crippen LogP contribution in [0.25, 0.3) is 0 Å². The summed E-state index contributed by atoms with van der Waals surface area (Å²) in [5.41, 5.74) is -0.636. The SMILES string of the molecule is CN1CCCC1CC1(C(=O)O)CC(O)C1. The van der Waals surface area contributed by atoms with Crippen molar-refractivity contribution in [1.29, 1.82) is 0 Å². The van der Waals surface area contributed by atoms with Gasteiger partial charge in [-0.15, -0.1) is 0 Å². The minimum absolute atomic E-state index is 0.396. The van der Waals surface area contributed by atoms with Crippen molar-refractivity contribution in [2.45, 2.75) is 44.2 Å². The third kappa shape index (κ3) is 1.88. The monoisotopic (exact) mass is 213 g/mol. The van der Waals surface area contributed by atoms with Gasteiger partial charge in [0, 0.05) is 6.04 Å². The highest BCUT2D eigenvalue weighted by molar-refractivity contribution is 5.76. The molecular weight excluding hydrogens is 194 g/mol. The molecule has 15 heavy (non-hydrogen) atoms. The molecule has 1 unspecified atom stereocenters. The fourth-order valence-electron chi connectivity index (χ4n) is 2.96. The van der Waals surface area contributed by atoms with Crippen LogP contribution in [0, 0.1) is 5.41 Å². The lowest BCUT2D eigenvalue weighted by atomic mass is 9.63. The van der Waals surface area contributed by atoms with Crippen LogP contribution in [0.1, 0.15) is 32.1 Å². The molecule has 86 valence electrons. The second-order valence-electron chi connectivity index (χ2n) is 5.13. The van der Waals surface area contributed by atoms with Crippen LogP contribution in [0.4, 0.5) is 0 Å². The smallest absolute Gasteiger partial charge is 0.309 e. The second-order valence-corrected chi connectivity index (χ2v) is 5.13. The number of aliphatic hydroxyl groups excluding tert-OH is 1. The summed E-state index contributed by atoms with van der Waals surface area (Å²) in [6.07, 6.45) is 3.45. The molecule has 1 aliphatic carbocycles. The number of hydrogen-bond acceptors (Lipinski definition) is 3. The number of hydrogen-bond donors (Lipinski definition) is 2. The van der Waals surface area contributed by atoms with E-state index in [0.29, 0.717) is 25.3 Å². The molecule has 1 aliphatic heterocycles. The largest absolute Gasteiger partial charge is 0.481 e. The molecule has 2 fully saturated rings. The van der Waals surface area contributed by atoms with Crippen molar-refractivity contribution in [3.05, 3.63) is 0 Å². The Hall–Kier alpha value is -0.610. The predicted molar refractivity (Wildman–Crippen MR) is 55.6 cm³/mol. The summed E-state index contributed by atoms with van der Waals surface area (Å²) in [5.74, 6) is -0.729. The Labute approximate surface area is 89.9 Å². The number of aliphatic carboxylic acids is 1. The van der Waals surface area contributed by atoms with Crippen molar-refractivity contribution in [3.8, 4) is 0 Å². The van der Waals surface area contributed by atoms with Gasteiger partial charge in [0.15, 0.2) is 0 Å². The van der Waals surface area contributed by atoms with Gasteiger partial charge in [-0.3, -0.25) is 4.79 Å². The molecule has 0 spiro atoms. The molecule has 0 aromatic carbocycles. The molecule has 1 atom stereocenters. The summed E-state index contributed by atoms with van der Waals surface area (Å²) in [4.78, 5) is 13.5. The fourth-order valence-corrected chi connectivity index (χ4v) is 2.96. The molecule has 0 amide bonds. The summed E-state index contributed by atoms with van der Waals surface area (Å²) in [6, 6.07) is 0.397. The number of carboxylic acid groups (broad SMARTS) is 1. The van der Waals surface area contributed by atoms with Crippen LogP contribution in [0.3, 0.4) is 0 Å². The van der Waals surface area contributed by atoms with E-state index >= 15 is 0 Å². The highest BCUT2D eigenvalue weighted by Crippen LogP contribution is 2.46. The first-order valence-electron chi connectivity index (χ1n) is 5.65. The average molecular weight is 213 g/mol. The number of carboxylic acids is 1. The van der Waals surface area contributed by atoms with Gasteiger partial charge in [0.1, 0.15) is 0 Å². The van der Waals surface area contributed by atoms with Gasteiger partial charge < -0.3 is 15.1 Å². The molecular formula is C11H19NO3. The van der Waals surface area contributed by atoms with Crippen molar-refractivity contribution in [2.24, 2.45) is 5.41 Å². The molecule has 2 N–H and O–H groups in total. The maximum atomic E-state index is 11.2. The predicted octanol–water partition coefficient (Wildman–Crippen LogP) is 0.696. The average Bonchev–Trinajstić information content (AvgIpc) is 2.48. The van der Waals surface area contributed by atoms with Crippen LogP contribution in [0.2, 0.25) is 0 Å². The number of aliphatic hydroxyl groups is 1. The van der Waals surface area contributed by atoms with Gasteiger partial charge in [-0.25, -0.2) is 0 Å². The Kier molecular flexibility index (Phi) is 2.73. The highest BCUT2D eigenvalue weighted by Gasteiger charge is 2.51. The number of rotatable bonds is 3. The van der Waals surface area contributed by atoms with Crippen LogP contribution in [0.15, 0.2) is 0 Å². The van der Waals surface area contributed by atoms with Crippen molar-refractivity contribution in [2.75, 3.05) is 13.6 Å². The summed E-state index contributed by atoms with van der Waals surface area (Å²) in [5, 5.41) is 18.5. The second kappa shape index (κ2) is 3.76. The first-order valence-corrected chi connectivity index (χ1v) is 5.65. The van der Waals surface area contributed by atoms with Crippen LogP contribution in [-0.4, -0.2) is 46.8 Å². The van der Waals surface area contributed by atoms with E-state index in [9.17, 15) is 15.0 Å². The van der Waals surface area contributed by atoms with Gasteiger partial charge in [-0.05, 0) is 45.7 Å². The van der Waals surface area contributed by atoms with E-state index in [4.69, 9.17) is 0 Å². The normalized spacial score (nSPS) is 41.5. The molecule has 1 saturated heterocycles. The molecule has 1 heterocycles. The Bertz CT molecular complexity index is 261. The number of likely N-dealkylation sites (tertiary alicyclic amines) is 1. The van der Waals surface area contributed by atoms with Crippen molar-refractivity contribution in [1.82, 2.24) is 4.90 Å². The van der Waals surface area contributed by atoms with Crippen LogP contribution >= 0.6 is 0 Å². The molecule has 4 heteroatoms. The Morgan fingerprint density at radius 1 is 1.53 bits per heavy atom. The first kappa shape index (κ1) is 10.9. The van der Waals surface area contributed by atoms with Gasteiger partial charge in [0.05, 0.1) is 11.5 Å². The lowest BCUT2D eigenvalue weighted by Gasteiger charge is -2.44. The number of carbonyl (C=O) groups is 1. The third-order valence-corrected chi connectivity index (χ3v) is 4.00. The maximum Gasteiger partial charge on any atom is 0.309 e. The van der Waals surface area contributed by atoms with E-state index in [-0.39, 0.29) is 0 Å². The molecule has 2 rings (SSSR count). The Morgan fingerprint density at radius 2 is 2.20 bits per heavy atom. The van der Waals surface area contributed by atoms with E-state index in [1.165, 1.54) is 6.42 Å². The van der Waals surface area contributed by atoms with Crippen molar-refractivity contribution >= 4 is 5.97 Å². The van der Waals surface area contributed by atoms with E-state index in [2.05, 4.69) is 11.9 Å². The third-order valence-electron chi connectivity index (χ3n) is 4.00. The zero-order chi connectivity index (χ0) is 11.1. The molecule has 0 aromatic heterocycles. The van der Waals surface area contributed by atoms with Crippen LogP contribution < -0.4 is 0 Å². The zero-order valence-electron chi connectivity index (χ0n) is 9.15. The van der Waals surface area contributed by atoms with E-state index in [1.807, 2.05) is 0 Å². The molecule has 1 saturated carbocycles. The van der Waals surface area contributed by atoms with Gasteiger partial charge in [0.2, 0.25) is 0 Å². The minimum Gasteiger partial charge on any atom is -0.481 e. The van der Waals surface area contributed by atoms with Crippen LogP contribution in [0.5, 0.6) is 0 Å². The summed E-state index contributed by atoms with van der Waals surface area (Å²) >= 11 is 0. The van der Waals surface area contributed by atoms with Crippen molar-refractivity contribution < 1.29 is 15.0 Å². The molecule has 0 aromatic rings. The van der Waals surface area contributed by atoms with E-state index in [1.54, 1.807) is 0 Å². The van der Waals surface area contributed by atoms with Gasteiger partial charge in [-0.2, -0.15) is 0 Å². The minimum atomic E-state index is -0.729. The van der Waals surface area contributed by atoms with Gasteiger partial charge in [0.25, 0.3) is 0 Å². The summed E-state index contributed by atoms with van der Waals surface area (Å²) < 4.78 is 0. The molecule has 0 radical (unpaired) electrons. The first-order chi connectivity index (χ1) is 7.03. The fraction of sp³-hybridized carbons (Fsp3) is 0.909. The zero-order valence-corrected chi connectivity index (χ0v) is 9.15.